The Morgan fingerprint density at radius 1 is 1.18 bits per heavy atom. The van der Waals surface area contributed by atoms with Gasteiger partial charge in [0.15, 0.2) is 11.5 Å². The van der Waals surface area contributed by atoms with Gasteiger partial charge in [0.2, 0.25) is 5.91 Å². The lowest BCUT2D eigenvalue weighted by Crippen LogP contribution is -2.19. The van der Waals surface area contributed by atoms with Gasteiger partial charge in [-0.25, -0.2) is 5.43 Å². The lowest BCUT2D eigenvalue weighted by atomic mass is 10.2. The number of hydrogen-bond acceptors (Lipinski definition) is 5. The summed E-state index contributed by atoms with van der Waals surface area (Å²) in [6, 6.07) is 19.4. The smallest absolute Gasteiger partial charge is 0.250 e. The number of benzene rings is 3. The molecule has 8 heteroatoms. The number of nitrogens with one attached hydrogen (secondary N) is 1. The molecule has 33 heavy (non-hydrogen) atoms. The van der Waals surface area contributed by atoms with Crippen molar-refractivity contribution in [3.05, 3.63) is 92.4 Å². The highest BCUT2D eigenvalue weighted by Gasteiger charge is 2.12. The van der Waals surface area contributed by atoms with E-state index in [9.17, 15) is 4.79 Å². The van der Waals surface area contributed by atoms with Crippen molar-refractivity contribution in [3.8, 4) is 11.5 Å². The van der Waals surface area contributed by atoms with Crippen LogP contribution in [0.4, 0.5) is 0 Å². The fourth-order valence-corrected chi connectivity index (χ4v) is 4.42. The van der Waals surface area contributed by atoms with Crippen LogP contribution in [0.25, 0.3) is 0 Å². The van der Waals surface area contributed by atoms with E-state index in [0.29, 0.717) is 33.4 Å². The average molecular weight is 548 g/mol. The summed E-state index contributed by atoms with van der Waals surface area (Å²) < 4.78 is 12.1. The van der Waals surface area contributed by atoms with Gasteiger partial charge in [-0.15, -0.1) is 11.8 Å². The fraction of sp³-hybridized carbons (Fsp3) is 0.200. The Labute approximate surface area is 211 Å². The van der Waals surface area contributed by atoms with Crippen molar-refractivity contribution in [1.29, 1.82) is 0 Å². The normalized spacial score (nSPS) is 10.9. The number of aryl methyl sites for hydroxylation is 1. The largest absolute Gasteiger partial charge is 0.493 e. The molecule has 0 aliphatic carbocycles. The van der Waals surface area contributed by atoms with Gasteiger partial charge in [-0.1, -0.05) is 59.6 Å². The second-order valence-corrected chi connectivity index (χ2v) is 9.43. The van der Waals surface area contributed by atoms with Crippen LogP contribution >= 0.6 is 39.3 Å². The van der Waals surface area contributed by atoms with E-state index in [1.54, 1.807) is 31.2 Å². The molecule has 172 valence electrons. The second kappa shape index (κ2) is 12.7. The Kier molecular flexibility index (Phi) is 9.66. The highest BCUT2D eigenvalue weighted by atomic mass is 79.9. The van der Waals surface area contributed by atoms with Crippen LogP contribution < -0.4 is 14.9 Å². The SMILES string of the molecule is COc1cc(/C=N\NC(=O)CSCc2ccc(C)cc2)cc(Br)c1OCc1ccccc1Cl. The van der Waals surface area contributed by atoms with E-state index < -0.39 is 0 Å². The van der Waals surface area contributed by atoms with Gasteiger partial charge >= 0.3 is 0 Å². The van der Waals surface area contributed by atoms with E-state index in [2.05, 4.69) is 57.6 Å². The molecule has 0 aliphatic heterocycles. The Morgan fingerprint density at radius 2 is 1.94 bits per heavy atom. The monoisotopic (exact) mass is 546 g/mol. The lowest BCUT2D eigenvalue weighted by molar-refractivity contribution is -0.118. The van der Waals surface area contributed by atoms with Crippen molar-refractivity contribution in [2.45, 2.75) is 19.3 Å². The molecule has 5 nitrogen and oxygen atoms in total. The summed E-state index contributed by atoms with van der Waals surface area (Å²) in [4.78, 5) is 12.1. The molecule has 0 saturated heterocycles. The maximum Gasteiger partial charge on any atom is 0.250 e. The Bertz CT molecular complexity index is 1120. The summed E-state index contributed by atoms with van der Waals surface area (Å²) in [6.45, 7) is 2.36. The number of rotatable bonds is 10. The molecule has 0 heterocycles. The Morgan fingerprint density at radius 3 is 2.67 bits per heavy atom. The maximum atomic E-state index is 12.1. The van der Waals surface area contributed by atoms with Crippen LogP contribution in [0.15, 0.2) is 70.2 Å². The minimum Gasteiger partial charge on any atom is -0.493 e. The molecular weight excluding hydrogens is 524 g/mol. The summed E-state index contributed by atoms with van der Waals surface area (Å²) >= 11 is 11.3. The van der Waals surface area contributed by atoms with Gasteiger partial charge in [0.25, 0.3) is 0 Å². The fourth-order valence-electron chi connectivity index (χ4n) is 2.88. The summed E-state index contributed by atoms with van der Waals surface area (Å²) in [7, 11) is 1.57. The molecule has 0 atom stereocenters. The number of carbonyl (C=O) groups excluding carboxylic acids is 1. The molecule has 1 N–H and O–H groups in total. The number of thioether (sulfide) groups is 1. The second-order valence-electron chi connectivity index (χ2n) is 7.19. The molecule has 0 aromatic heterocycles. The highest BCUT2D eigenvalue weighted by Crippen LogP contribution is 2.37. The van der Waals surface area contributed by atoms with Crippen molar-refractivity contribution in [2.24, 2.45) is 5.10 Å². The molecule has 3 aromatic carbocycles. The third-order valence-corrected chi connectivity index (χ3v) is 6.57. The van der Waals surface area contributed by atoms with Crippen LogP contribution in [0, 0.1) is 6.92 Å². The number of amides is 1. The third-order valence-electron chi connectivity index (χ3n) is 4.61. The highest BCUT2D eigenvalue weighted by molar-refractivity contribution is 9.10. The summed E-state index contributed by atoms with van der Waals surface area (Å²) in [6.07, 6.45) is 1.56. The van der Waals surface area contributed by atoms with Crippen LogP contribution in [-0.2, 0) is 17.2 Å². The third kappa shape index (κ3) is 7.81. The lowest BCUT2D eigenvalue weighted by Gasteiger charge is -2.14. The molecule has 3 aromatic rings. The van der Waals surface area contributed by atoms with Crippen LogP contribution in [0.2, 0.25) is 5.02 Å². The van der Waals surface area contributed by atoms with Gasteiger partial charge in [0, 0.05) is 16.3 Å². The molecule has 0 bridgehead atoms. The molecule has 0 saturated carbocycles. The zero-order valence-corrected chi connectivity index (χ0v) is 21.5. The zero-order chi connectivity index (χ0) is 23.6. The van der Waals surface area contributed by atoms with Gasteiger partial charge in [0.05, 0.1) is 23.5 Å². The van der Waals surface area contributed by atoms with Gasteiger partial charge < -0.3 is 9.47 Å². The molecular formula is C25H24BrClN2O3S. The van der Waals surface area contributed by atoms with E-state index in [-0.39, 0.29) is 5.91 Å². The molecule has 0 unspecified atom stereocenters. The molecule has 0 aliphatic rings. The first-order chi connectivity index (χ1) is 16.0. The van der Waals surface area contributed by atoms with Crippen molar-refractivity contribution in [1.82, 2.24) is 5.43 Å². The van der Waals surface area contributed by atoms with Crippen molar-refractivity contribution < 1.29 is 14.3 Å². The van der Waals surface area contributed by atoms with Crippen molar-refractivity contribution in [2.75, 3.05) is 12.9 Å². The molecule has 0 radical (unpaired) electrons. The first kappa shape index (κ1) is 25.1. The maximum absolute atomic E-state index is 12.1. The number of methoxy groups -OCH3 is 1. The number of halogens is 2. The Hall–Kier alpha value is -2.48. The van der Waals surface area contributed by atoms with E-state index in [4.69, 9.17) is 21.1 Å². The average Bonchev–Trinajstić information content (AvgIpc) is 2.80. The first-order valence-electron chi connectivity index (χ1n) is 10.1. The summed E-state index contributed by atoms with van der Waals surface area (Å²) in [5, 5.41) is 4.70. The van der Waals surface area contributed by atoms with Gasteiger partial charge in [-0.3, -0.25) is 4.79 Å². The van der Waals surface area contributed by atoms with Gasteiger partial charge in [-0.05, 0) is 52.2 Å². The predicted molar refractivity (Wildman–Crippen MR) is 140 cm³/mol. The number of ether oxygens (including phenoxy) is 2. The van der Waals surface area contributed by atoms with E-state index in [1.165, 1.54) is 11.1 Å². The topological polar surface area (TPSA) is 59.9 Å². The standard InChI is InChI=1S/C25H24BrClN2O3S/c1-17-7-9-18(10-8-17)15-33-16-24(30)29-28-13-19-11-21(26)25(23(12-19)31-2)32-14-20-5-3-4-6-22(20)27/h3-13H,14-16H2,1-2H3,(H,29,30)/b28-13-. The number of carbonyl (C=O) groups is 1. The number of nitrogens with zero attached hydrogens (tertiary/aromatic N) is 1. The predicted octanol–water partition coefficient (Wildman–Crippen LogP) is 6.38. The zero-order valence-electron chi connectivity index (χ0n) is 18.3. The minimum absolute atomic E-state index is 0.158. The summed E-state index contributed by atoms with van der Waals surface area (Å²) in [5.41, 5.74) is 6.59. The number of hydrazone groups is 1. The number of hydrogen-bond donors (Lipinski definition) is 1. The van der Waals surface area contributed by atoms with E-state index >= 15 is 0 Å². The van der Waals surface area contributed by atoms with Crippen LogP contribution in [-0.4, -0.2) is 25.0 Å². The molecule has 0 spiro atoms. The molecule has 1 amide bonds. The first-order valence-corrected chi connectivity index (χ1v) is 12.5. The molecule has 3 rings (SSSR count). The van der Waals surface area contributed by atoms with Crippen molar-refractivity contribution >= 4 is 51.4 Å². The van der Waals surface area contributed by atoms with Crippen LogP contribution in [0.5, 0.6) is 11.5 Å². The van der Waals surface area contributed by atoms with Gasteiger partial charge in [0.1, 0.15) is 6.61 Å². The van der Waals surface area contributed by atoms with E-state index in [1.807, 2.05) is 30.3 Å². The van der Waals surface area contributed by atoms with Gasteiger partial charge in [-0.2, -0.15) is 5.10 Å². The summed E-state index contributed by atoms with van der Waals surface area (Å²) in [5.74, 6) is 2.04. The van der Waals surface area contributed by atoms with Crippen LogP contribution in [0.1, 0.15) is 22.3 Å². The molecule has 0 fully saturated rings. The van der Waals surface area contributed by atoms with Crippen LogP contribution in [0.3, 0.4) is 0 Å². The minimum atomic E-state index is -0.158. The van der Waals surface area contributed by atoms with Crippen molar-refractivity contribution in [3.63, 3.8) is 0 Å². The van der Waals surface area contributed by atoms with E-state index in [0.717, 1.165) is 16.9 Å². The quantitative estimate of drug-likeness (QED) is 0.236. The Balaban J connectivity index is 1.53.